The van der Waals surface area contributed by atoms with Gasteiger partial charge in [0.2, 0.25) is 0 Å². The first-order valence-electron chi connectivity index (χ1n) is 6.79. The second-order valence-electron chi connectivity index (χ2n) is 4.73. The molecule has 0 saturated carbocycles. The molecule has 0 aromatic heterocycles. The molecule has 1 amide bonds. The quantitative estimate of drug-likeness (QED) is 0.935. The summed E-state index contributed by atoms with van der Waals surface area (Å²) in [4.78, 5) is 12.2. The van der Waals surface area contributed by atoms with Crippen LogP contribution in [0.4, 0.5) is 0 Å². The van der Waals surface area contributed by atoms with Crippen LogP contribution < -0.4 is 10.1 Å². The van der Waals surface area contributed by atoms with E-state index in [0.29, 0.717) is 12.1 Å². The van der Waals surface area contributed by atoms with Crippen molar-refractivity contribution in [2.75, 3.05) is 0 Å². The molecule has 3 heteroatoms. The van der Waals surface area contributed by atoms with Gasteiger partial charge in [-0.25, -0.2) is 0 Å². The van der Waals surface area contributed by atoms with Crippen molar-refractivity contribution in [1.29, 1.82) is 0 Å². The second-order valence-corrected chi connectivity index (χ2v) is 4.73. The average molecular weight is 277 g/mol. The maximum Gasteiger partial charge on any atom is 0.251 e. The van der Waals surface area contributed by atoms with Crippen LogP contribution in [0.2, 0.25) is 0 Å². The number of nitrogens with one attached hydrogen (secondary N) is 1. The first kappa shape index (κ1) is 13.2. The van der Waals surface area contributed by atoms with Crippen LogP contribution in [0, 0.1) is 0 Å². The Morgan fingerprint density at radius 1 is 1.00 bits per heavy atom. The minimum atomic E-state index is -0.115. The molecule has 0 fully saturated rings. The maximum absolute atomic E-state index is 12.2. The molecule has 0 saturated heterocycles. The van der Waals surface area contributed by atoms with Gasteiger partial charge in [0, 0.05) is 17.7 Å². The highest BCUT2D eigenvalue weighted by atomic mass is 16.5. The fourth-order valence-corrected chi connectivity index (χ4v) is 2.12. The highest BCUT2D eigenvalue weighted by Crippen LogP contribution is 2.24. The lowest BCUT2D eigenvalue weighted by Crippen LogP contribution is -2.23. The lowest BCUT2D eigenvalue weighted by molar-refractivity contribution is -0.117. The van der Waals surface area contributed by atoms with Crippen LogP contribution in [0.1, 0.15) is 11.1 Å². The molecule has 104 valence electrons. The second kappa shape index (κ2) is 6.09. The lowest BCUT2D eigenvalue weighted by atomic mass is 10.1. The monoisotopic (exact) mass is 277 g/mol. The van der Waals surface area contributed by atoms with E-state index in [9.17, 15) is 4.79 Å². The Labute approximate surface area is 123 Å². The molecule has 0 radical (unpaired) electrons. The number of rotatable bonds is 3. The molecule has 3 nitrogen and oxygen atoms in total. The Hall–Kier alpha value is -2.81. The molecule has 0 atom stereocenters. The minimum Gasteiger partial charge on any atom is -0.464 e. The summed E-state index contributed by atoms with van der Waals surface area (Å²) in [5, 5.41) is 2.91. The van der Waals surface area contributed by atoms with Gasteiger partial charge in [-0.3, -0.25) is 4.79 Å². The smallest absolute Gasteiger partial charge is 0.251 e. The summed E-state index contributed by atoms with van der Waals surface area (Å²) in [6.45, 7) is 0.507. The largest absolute Gasteiger partial charge is 0.464 e. The van der Waals surface area contributed by atoms with Gasteiger partial charge in [-0.2, -0.15) is 0 Å². The third-order valence-electron chi connectivity index (χ3n) is 3.23. The maximum atomic E-state index is 12.2. The van der Waals surface area contributed by atoms with Crippen LogP contribution >= 0.6 is 0 Å². The Kier molecular flexibility index (Phi) is 3.83. The van der Waals surface area contributed by atoms with E-state index in [1.54, 1.807) is 12.3 Å². The van der Waals surface area contributed by atoms with Crippen molar-refractivity contribution >= 4 is 12.0 Å². The van der Waals surface area contributed by atoms with E-state index in [1.165, 1.54) is 0 Å². The Morgan fingerprint density at radius 2 is 1.76 bits per heavy atom. The SMILES string of the molecule is O=C(NCc1ccccc1)C1=Cc2ccccc2OC=C1. The van der Waals surface area contributed by atoms with E-state index in [4.69, 9.17) is 4.74 Å². The van der Waals surface area contributed by atoms with Gasteiger partial charge in [0.25, 0.3) is 5.91 Å². The Bertz CT molecular complexity index is 702. The number of carbonyl (C=O) groups is 1. The molecule has 1 N–H and O–H groups in total. The molecular formula is C18H15NO2. The summed E-state index contributed by atoms with van der Waals surface area (Å²) < 4.78 is 5.48. The number of hydrogen-bond donors (Lipinski definition) is 1. The molecule has 1 aliphatic rings. The van der Waals surface area contributed by atoms with E-state index >= 15 is 0 Å². The highest BCUT2D eigenvalue weighted by Gasteiger charge is 2.11. The van der Waals surface area contributed by atoms with Crippen molar-refractivity contribution < 1.29 is 9.53 Å². The summed E-state index contributed by atoms with van der Waals surface area (Å²) in [6, 6.07) is 17.5. The van der Waals surface area contributed by atoms with Crippen molar-refractivity contribution in [2.45, 2.75) is 6.54 Å². The number of ether oxygens (including phenoxy) is 1. The minimum absolute atomic E-state index is 0.115. The number of benzene rings is 2. The molecule has 0 unspecified atom stereocenters. The van der Waals surface area contributed by atoms with E-state index in [1.807, 2.05) is 60.7 Å². The predicted octanol–water partition coefficient (Wildman–Crippen LogP) is 3.29. The first-order valence-corrected chi connectivity index (χ1v) is 6.79. The zero-order chi connectivity index (χ0) is 14.5. The molecule has 21 heavy (non-hydrogen) atoms. The number of amides is 1. The van der Waals surface area contributed by atoms with Gasteiger partial charge in [-0.1, -0.05) is 48.5 Å². The third kappa shape index (κ3) is 3.20. The molecule has 0 aliphatic carbocycles. The average Bonchev–Trinajstić information content (AvgIpc) is 2.76. The summed E-state index contributed by atoms with van der Waals surface area (Å²) in [6.07, 6.45) is 5.05. The molecule has 3 rings (SSSR count). The van der Waals surface area contributed by atoms with Crippen LogP contribution in [-0.4, -0.2) is 5.91 Å². The third-order valence-corrected chi connectivity index (χ3v) is 3.23. The standard InChI is InChI=1S/C18H15NO2/c20-18(19-13-14-6-2-1-3-7-14)16-10-11-21-17-9-5-4-8-15(17)12-16/h1-12H,13H2,(H,19,20). The van der Waals surface area contributed by atoms with Gasteiger partial charge in [-0.05, 0) is 23.8 Å². The van der Waals surface area contributed by atoms with Crippen LogP contribution in [0.25, 0.3) is 6.08 Å². The van der Waals surface area contributed by atoms with Gasteiger partial charge < -0.3 is 10.1 Å². The zero-order valence-electron chi connectivity index (χ0n) is 11.5. The number of para-hydroxylation sites is 1. The lowest BCUT2D eigenvalue weighted by Gasteiger charge is -2.05. The normalized spacial score (nSPS) is 12.7. The topological polar surface area (TPSA) is 38.3 Å². The Morgan fingerprint density at radius 3 is 2.62 bits per heavy atom. The van der Waals surface area contributed by atoms with E-state index in [0.717, 1.165) is 16.9 Å². The Balaban J connectivity index is 1.74. The van der Waals surface area contributed by atoms with Crippen LogP contribution in [0.15, 0.2) is 72.5 Å². The zero-order valence-corrected chi connectivity index (χ0v) is 11.5. The summed E-state index contributed by atoms with van der Waals surface area (Å²) >= 11 is 0. The molecular weight excluding hydrogens is 262 g/mol. The molecule has 2 aromatic rings. The van der Waals surface area contributed by atoms with Gasteiger partial charge in [0.05, 0.1) is 6.26 Å². The molecule has 1 aliphatic heterocycles. The number of carbonyl (C=O) groups excluding carboxylic acids is 1. The van der Waals surface area contributed by atoms with Crippen molar-refractivity contribution in [1.82, 2.24) is 5.32 Å². The van der Waals surface area contributed by atoms with Crippen LogP contribution in [0.5, 0.6) is 5.75 Å². The van der Waals surface area contributed by atoms with E-state index in [-0.39, 0.29) is 5.91 Å². The molecule has 2 aromatic carbocycles. The van der Waals surface area contributed by atoms with Gasteiger partial charge in [-0.15, -0.1) is 0 Å². The number of hydrogen-bond acceptors (Lipinski definition) is 2. The number of fused-ring (bicyclic) bond motifs is 1. The molecule has 0 spiro atoms. The summed E-state index contributed by atoms with van der Waals surface area (Å²) in [5.74, 6) is 0.634. The predicted molar refractivity (Wildman–Crippen MR) is 82.5 cm³/mol. The first-order chi connectivity index (χ1) is 10.3. The van der Waals surface area contributed by atoms with Gasteiger partial charge in [0.15, 0.2) is 0 Å². The summed E-state index contributed by atoms with van der Waals surface area (Å²) in [7, 11) is 0. The fraction of sp³-hybridized carbons (Fsp3) is 0.0556. The van der Waals surface area contributed by atoms with Crippen molar-refractivity contribution in [3.8, 4) is 5.75 Å². The highest BCUT2D eigenvalue weighted by molar-refractivity contribution is 6.01. The van der Waals surface area contributed by atoms with Gasteiger partial charge in [0.1, 0.15) is 5.75 Å². The fourth-order valence-electron chi connectivity index (χ4n) is 2.12. The van der Waals surface area contributed by atoms with Crippen LogP contribution in [0.3, 0.4) is 0 Å². The summed E-state index contributed by atoms with van der Waals surface area (Å²) in [5.41, 5.74) is 2.55. The van der Waals surface area contributed by atoms with E-state index in [2.05, 4.69) is 5.32 Å². The van der Waals surface area contributed by atoms with E-state index < -0.39 is 0 Å². The van der Waals surface area contributed by atoms with Crippen molar-refractivity contribution in [3.05, 3.63) is 83.6 Å². The van der Waals surface area contributed by atoms with Gasteiger partial charge >= 0.3 is 0 Å². The molecule has 1 heterocycles. The van der Waals surface area contributed by atoms with Crippen LogP contribution in [-0.2, 0) is 11.3 Å². The van der Waals surface area contributed by atoms with Crippen molar-refractivity contribution in [3.63, 3.8) is 0 Å². The molecule has 0 bridgehead atoms. The van der Waals surface area contributed by atoms with Crippen molar-refractivity contribution in [2.24, 2.45) is 0 Å².